The van der Waals surface area contributed by atoms with Crippen LogP contribution in [0.2, 0.25) is 0 Å². The third-order valence-corrected chi connectivity index (χ3v) is 8.77. The third kappa shape index (κ3) is 4.03. The second-order valence-corrected chi connectivity index (χ2v) is 11.2. The minimum Gasteiger partial charge on any atom is -0.355 e. The summed E-state index contributed by atoms with van der Waals surface area (Å²) in [6.45, 7) is 4.02. The van der Waals surface area contributed by atoms with Crippen LogP contribution in [0.25, 0.3) is 0 Å². The fourth-order valence-corrected chi connectivity index (χ4v) is 7.04. The normalized spacial score (nSPS) is 22.9. The molecule has 9 heteroatoms. The standard InChI is InChI=1S/C31H31N5O4/c37-27(32-13-15-33-17-20-16-21(19-33)25-10-5-11-28(38)35(25)18-20)12-14-34-29-22-6-1-2-7-23(22)31(40)36(29)26-9-4-3-8-24(26)30(34)39/h1-11,20-21,29H,12-19H2,(H,32,37)/t20-,21+,29+/m1/s1. The zero-order chi connectivity index (χ0) is 27.4. The number of hydrogen-bond acceptors (Lipinski definition) is 5. The number of likely N-dealkylation sites (tertiary alicyclic amines) is 1. The van der Waals surface area contributed by atoms with Crippen molar-refractivity contribution in [1.29, 1.82) is 0 Å². The van der Waals surface area contributed by atoms with Gasteiger partial charge in [0.15, 0.2) is 0 Å². The molecule has 1 N–H and O–H groups in total. The van der Waals surface area contributed by atoms with E-state index in [-0.39, 0.29) is 36.2 Å². The Morgan fingerprint density at radius 2 is 1.62 bits per heavy atom. The molecule has 4 aliphatic rings. The Morgan fingerprint density at radius 3 is 2.50 bits per heavy atom. The van der Waals surface area contributed by atoms with E-state index in [1.54, 1.807) is 40.1 Å². The molecule has 0 saturated carbocycles. The fourth-order valence-electron chi connectivity index (χ4n) is 7.04. The van der Waals surface area contributed by atoms with E-state index in [0.717, 1.165) is 43.9 Å². The molecule has 3 aromatic rings. The summed E-state index contributed by atoms with van der Waals surface area (Å²) in [5, 5.41) is 3.03. The maximum atomic E-state index is 13.5. The monoisotopic (exact) mass is 537 g/mol. The number of carbonyl (C=O) groups is 3. The minimum absolute atomic E-state index is 0.0807. The summed E-state index contributed by atoms with van der Waals surface area (Å²) in [7, 11) is 0. The Kier molecular flexibility index (Phi) is 6.04. The molecular weight excluding hydrogens is 506 g/mol. The van der Waals surface area contributed by atoms with Crippen molar-refractivity contribution < 1.29 is 14.4 Å². The van der Waals surface area contributed by atoms with Crippen molar-refractivity contribution in [2.75, 3.05) is 37.6 Å². The summed E-state index contributed by atoms with van der Waals surface area (Å²) in [5.74, 6) is 0.354. The number of para-hydroxylation sites is 1. The van der Waals surface area contributed by atoms with Crippen LogP contribution in [0.1, 0.15) is 56.9 Å². The summed E-state index contributed by atoms with van der Waals surface area (Å²) >= 11 is 0. The molecule has 0 unspecified atom stereocenters. The maximum Gasteiger partial charge on any atom is 0.260 e. The highest BCUT2D eigenvalue weighted by atomic mass is 16.2. The van der Waals surface area contributed by atoms with Gasteiger partial charge in [0.25, 0.3) is 17.4 Å². The van der Waals surface area contributed by atoms with E-state index < -0.39 is 6.17 Å². The van der Waals surface area contributed by atoms with Crippen LogP contribution in [0.4, 0.5) is 5.69 Å². The highest BCUT2D eigenvalue weighted by Gasteiger charge is 2.47. The number of fused-ring (bicyclic) bond motifs is 9. The summed E-state index contributed by atoms with van der Waals surface area (Å²) < 4.78 is 1.93. The lowest BCUT2D eigenvalue weighted by atomic mass is 9.83. The molecule has 40 heavy (non-hydrogen) atoms. The van der Waals surface area contributed by atoms with E-state index in [9.17, 15) is 19.2 Å². The predicted octanol–water partition coefficient (Wildman–Crippen LogP) is 2.59. The summed E-state index contributed by atoms with van der Waals surface area (Å²) in [6, 6.07) is 20.1. The molecule has 0 radical (unpaired) electrons. The second kappa shape index (κ2) is 9.75. The van der Waals surface area contributed by atoms with Gasteiger partial charge >= 0.3 is 0 Å². The highest BCUT2D eigenvalue weighted by molar-refractivity contribution is 6.16. The van der Waals surface area contributed by atoms with Crippen molar-refractivity contribution in [1.82, 2.24) is 19.7 Å². The number of pyridine rings is 1. The quantitative estimate of drug-likeness (QED) is 0.522. The number of rotatable bonds is 6. The van der Waals surface area contributed by atoms with Crippen LogP contribution in [0.5, 0.6) is 0 Å². The van der Waals surface area contributed by atoms with Crippen molar-refractivity contribution in [2.45, 2.75) is 31.5 Å². The molecule has 7 rings (SSSR count). The molecule has 4 aliphatic heterocycles. The van der Waals surface area contributed by atoms with E-state index in [0.29, 0.717) is 35.2 Å². The largest absolute Gasteiger partial charge is 0.355 e. The molecule has 2 aromatic carbocycles. The first-order valence-electron chi connectivity index (χ1n) is 14.0. The highest BCUT2D eigenvalue weighted by Crippen LogP contribution is 2.45. The van der Waals surface area contributed by atoms with E-state index >= 15 is 0 Å². The number of carbonyl (C=O) groups excluding carboxylic acids is 3. The Hall–Kier alpha value is -4.24. The topological polar surface area (TPSA) is 95.0 Å². The molecule has 0 spiro atoms. The van der Waals surface area contributed by atoms with Gasteiger partial charge in [-0.15, -0.1) is 0 Å². The molecule has 5 heterocycles. The lowest BCUT2D eigenvalue weighted by molar-refractivity contribution is -0.121. The van der Waals surface area contributed by atoms with Gasteiger partial charge in [-0.1, -0.05) is 36.4 Å². The van der Waals surface area contributed by atoms with Crippen molar-refractivity contribution >= 4 is 23.4 Å². The average molecular weight is 538 g/mol. The molecular formula is C31H31N5O4. The van der Waals surface area contributed by atoms with Gasteiger partial charge in [-0.05, 0) is 36.6 Å². The zero-order valence-electron chi connectivity index (χ0n) is 22.2. The predicted molar refractivity (Wildman–Crippen MR) is 149 cm³/mol. The van der Waals surface area contributed by atoms with Gasteiger partial charge in [0.1, 0.15) is 6.17 Å². The van der Waals surface area contributed by atoms with Crippen molar-refractivity contribution in [2.24, 2.45) is 5.92 Å². The molecule has 1 fully saturated rings. The van der Waals surface area contributed by atoms with Gasteiger partial charge in [0.05, 0.1) is 11.3 Å². The summed E-state index contributed by atoms with van der Waals surface area (Å²) in [5.41, 5.74) is 3.65. The van der Waals surface area contributed by atoms with Gasteiger partial charge in [0.2, 0.25) is 5.91 Å². The molecule has 1 aromatic heterocycles. The van der Waals surface area contributed by atoms with Gasteiger partial charge in [-0.25, -0.2) is 0 Å². The number of piperidine rings is 1. The number of anilines is 1. The number of amides is 3. The van der Waals surface area contributed by atoms with Crippen LogP contribution in [0.3, 0.4) is 0 Å². The smallest absolute Gasteiger partial charge is 0.260 e. The first-order chi connectivity index (χ1) is 19.5. The zero-order valence-corrected chi connectivity index (χ0v) is 22.2. The Morgan fingerprint density at radius 1 is 0.825 bits per heavy atom. The molecule has 9 nitrogen and oxygen atoms in total. The third-order valence-electron chi connectivity index (χ3n) is 8.77. The molecule has 204 valence electrons. The van der Waals surface area contributed by atoms with Crippen molar-refractivity contribution in [3.05, 3.63) is 99.5 Å². The average Bonchev–Trinajstić information content (AvgIpc) is 3.26. The SMILES string of the molecule is O=C(CCN1C(=O)c2ccccc2N2C(=O)c3ccccc3[C@@H]12)NCCN1C[C@H]2C[C@@H](C1)c1cccc(=O)n1C2. The van der Waals surface area contributed by atoms with Gasteiger partial charge < -0.3 is 19.7 Å². The minimum atomic E-state index is -0.554. The lowest BCUT2D eigenvalue weighted by Crippen LogP contribution is -2.50. The van der Waals surface area contributed by atoms with Crippen LogP contribution in [0, 0.1) is 5.92 Å². The van der Waals surface area contributed by atoms with Crippen molar-refractivity contribution in [3.8, 4) is 0 Å². The van der Waals surface area contributed by atoms with Gasteiger partial charge in [-0.3, -0.25) is 24.1 Å². The molecule has 2 bridgehead atoms. The number of aromatic nitrogens is 1. The first kappa shape index (κ1) is 24.8. The maximum absolute atomic E-state index is 13.5. The van der Waals surface area contributed by atoms with Crippen molar-refractivity contribution in [3.63, 3.8) is 0 Å². The molecule has 1 saturated heterocycles. The van der Waals surface area contributed by atoms with Crippen LogP contribution in [0.15, 0.2) is 71.5 Å². The summed E-state index contributed by atoms with van der Waals surface area (Å²) in [6.07, 6.45) is 0.696. The van der Waals surface area contributed by atoms with Gasteiger partial charge in [0, 0.05) is 74.5 Å². The Bertz CT molecular complexity index is 1580. The van der Waals surface area contributed by atoms with Crippen LogP contribution in [-0.2, 0) is 11.3 Å². The number of nitrogens with one attached hydrogen (secondary N) is 1. The van der Waals surface area contributed by atoms with E-state index in [2.05, 4.69) is 16.3 Å². The number of nitrogens with zero attached hydrogens (tertiary/aromatic N) is 4. The van der Waals surface area contributed by atoms with Crippen LogP contribution >= 0.6 is 0 Å². The Balaban J connectivity index is 0.991. The first-order valence-corrected chi connectivity index (χ1v) is 14.0. The Labute approximate surface area is 232 Å². The second-order valence-electron chi connectivity index (χ2n) is 11.2. The molecule has 3 atom stereocenters. The van der Waals surface area contributed by atoms with E-state index in [1.165, 1.54) is 0 Å². The number of benzene rings is 2. The van der Waals surface area contributed by atoms with Crippen LogP contribution < -0.4 is 15.8 Å². The van der Waals surface area contributed by atoms with E-state index in [4.69, 9.17) is 0 Å². The fraction of sp³-hybridized carbons (Fsp3) is 0.355. The molecule has 0 aliphatic carbocycles. The molecule has 3 amide bonds. The summed E-state index contributed by atoms with van der Waals surface area (Å²) in [4.78, 5) is 57.7. The number of hydrogen-bond donors (Lipinski definition) is 1. The van der Waals surface area contributed by atoms with Gasteiger partial charge in [-0.2, -0.15) is 0 Å². The van der Waals surface area contributed by atoms with Crippen LogP contribution in [-0.4, -0.2) is 64.8 Å². The van der Waals surface area contributed by atoms with E-state index in [1.807, 2.05) is 34.9 Å². The lowest BCUT2D eigenvalue weighted by Gasteiger charge is -2.42.